The highest BCUT2D eigenvalue weighted by Gasteiger charge is 2.23. The largest absolute Gasteiger partial charge is 0.353 e. The summed E-state index contributed by atoms with van der Waals surface area (Å²) in [4.78, 5) is 25.7. The lowest BCUT2D eigenvalue weighted by molar-refractivity contribution is 0.0746. The number of aryl methyl sites for hydroxylation is 3. The van der Waals surface area contributed by atoms with E-state index in [1.807, 2.05) is 46.8 Å². The van der Waals surface area contributed by atoms with Crippen LogP contribution in [0.2, 0.25) is 0 Å². The quantitative estimate of drug-likeness (QED) is 0.654. The van der Waals surface area contributed by atoms with Crippen LogP contribution in [-0.2, 0) is 13.0 Å². The van der Waals surface area contributed by atoms with Gasteiger partial charge in [0.2, 0.25) is 0 Å². The normalized spacial score (nSPS) is 14.2. The van der Waals surface area contributed by atoms with E-state index in [1.54, 1.807) is 6.33 Å². The first-order chi connectivity index (χ1) is 14.5. The summed E-state index contributed by atoms with van der Waals surface area (Å²) in [6, 6.07) is 12.0. The van der Waals surface area contributed by atoms with Gasteiger partial charge in [-0.25, -0.2) is 9.97 Å². The van der Waals surface area contributed by atoms with Crippen molar-refractivity contribution in [1.29, 1.82) is 0 Å². The van der Waals surface area contributed by atoms with E-state index >= 15 is 0 Å². The van der Waals surface area contributed by atoms with Gasteiger partial charge >= 0.3 is 0 Å². The van der Waals surface area contributed by atoms with Gasteiger partial charge in [0.1, 0.15) is 12.1 Å². The number of benzene rings is 1. The number of rotatable bonds is 5. The monoisotopic (exact) mass is 404 g/mol. The Hall–Kier alpha value is -3.22. The van der Waals surface area contributed by atoms with Crippen LogP contribution in [0.4, 0.5) is 5.82 Å². The molecule has 0 N–H and O–H groups in total. The smallest absolute Gasteiger partial charge is 0.253 e. The Morgan fingerprint density at radius 1 is 1.00 bits per heavy atom. The van der Waals surface area contributed by atoms with Crippen LogP contribution in [0.1, 0.15) is 39.9 Å². The molecular formula is C23H28N6O. The number of hydrogen-bond donors (Lipinski definition) is 0. The van der Waals surface area contributed by atoms with Crippen molar-refractivity contribution in [1.82, 2.24) is 24.6 Å². The van der Waals surface area contributed by atoms with Crippen molar-refractivity contribution in [3.8, 4) is 0 Å². The highest BCUT2D eigenvalue weighted by Crippen LogP contribution is 2.16. The molecular weight excluding hydrogens is 376 g/mol. The minimum atomic E-state index is 0.0873. The molecule has 1 fully saturated rings. The second-order valence-corrected chi connectivity index (χ2v) is 7.78. The van der Waals surface area contributed by atoms with Gasteiger partial charge < -0.3 is 9.80 Å². The van der Waals surface area contributed by atoms with E-state index in [9.17, 15) is 4.79 Å². The molecule has 1 amide bonds. The maximum atomic E-state index is 12.9. The topological polar surface area (TPSA) is 67.2 Å². The Bertz CT molecular complexity index is 1020. The van der Waals surface area contributed by atoms with E-state index in [-0.39, 0.29) is 5.91 Å². The van der Waals surface area contributed by atoms with Crippen LogP contribution in [0.25, 0.3) is 0 Å². The second kappa shape index (κ2) is 8.65. The van der Waals surface area contributed by atoms with E-state index in [2.05, 4.69) is 39.9 Å². The van der Waals surface area contributed by atoms with Crippen molar-refractivity contribution in [2.45, 2.75) is 33.7 Å². The fourth-order valence-corrected chi connectivity index (χ4v) is 3.83. The van der Waals surface area contributed by atoms with E-state index in [0.717, 1.165) is 53.5 Å². The molecule has 0 bridgehead atoms. The van der Waals surface area contributed by atoms with Gasteiger partial charge in [0, 0.05) is 49.2 Å². The number of anilines is 1. The Morgan fingerprint density at radius 2 is 1.73 bits per heavy atom. The van der Waals surface area contributed by atoms with E-state index in [0.29, 0.717) is 19.6 Å². The number of carbonyl (C=O) groups is 1. The van der Waals surface area contributed by atoms with Gasteiger partial charge in [-0.2, -0.15) is 5.10 Å². The predicted octanol–water partition coefficient (Wildman–Crippen LogP) is 2.86. The third-order valence-electron chi connectivity index (χ3n) is 5.60. The number of piperazine rings is 1. The van der Waals surface area contributed by atoms with Gasteiger partial charge in [0.15, 0.2) is 0 Å². The standard InChI is InChI=1S/C23H28N6O/c1-4-21-14-22(25-16-24-21)27-9-11-28(12-10-27)23(30)20-7-5-19(6-8-20)15-29-18(3)13-17(2)26-29/h5-8,13-14,16H,4,9-12,15H2,1-3H3. The molecule has 0 aliphatic carbocycles. The van der Waals surface area contributed by atoms with Crippen molar-refractivity contribution in [3.63, 3.8) is 0 Å². The molecule has 0 radical (unpaired) electrons. The number of aromatic nitrogens is 4. The van der Waals surface area contributed by atoms with Gasteiger partial charge in [0.25, 0.3) is 5.91 Å². The van der Waals surface area contributed by atoms with Gasteiger partial charge in [-0.15, -0.1) is 0 Å². The summed E-state index contributed by atoms with van der Waals surface area (Å²) in [7, 11) is 0. The van der Waals surface area contributed by atoms with Crippen molar-refractivity contribution in [2.24, 2.45) is 0 Å². The Labute approximate surface area is 177 Å². The summed E-state index contributed by atoms with van der Waals surface area (Å²) in [5.41, 5.74) is 5.07. The van der Waals surface area contributed by atoms with E-state index in [1.165, 1.54) is 0 Å². The number of amides is 1. The van der Waals surface area contributed by atoms with Crippen LogP contribution < -0.4 is 4.90 Å². The Kier molecular flexibility index (Phi) is 5.79. The summed E-state index contributed by atoms with van der Waals surface area (Å²) in [6.07, 6.45) is 2.52. The molecule has 156 valence electrons. The minimum absolute atomic E-state index is 0.0873. The number of nitrogens with zero attached hydrogens (tertiary/aromatic N) is 6. The van der Waals surface area contributed by atoms with Gasteiger partial charge in [-0.05, 0) is 44.0 Å². The molecule has 0 saturated carbocycles. The number of carbonyl (C=O) groups excluding carboxylic acids is 1. The average Bonchev–Trinajstić information content (AvgIpc) is 3.10. The minimum Gasteiger partial charge on any atom is -0.353 e. The van der Waals surface area contributed by atoms with Crippen LogP contribution in [0.15, 0.2) is 42.7 Å². The highest BCUT2D eigenvalue weighted by atomic mass is 16.2. The zero-order chi connectivity index (χ0) is 21.1. The zero-order valence-electron chi connectivity index (χ0n) is 17.9. The molecule has 30 heavy (non-hydrogen) atoms. The van der Waals surface area contributed by atoms with Crippen LogP contribution in [0.5, 0.6) is 0 Å². The lowest BCUT2D eigenvalue weighted by atomic mass is 10.1. The van der Waals surface area contributed by atoms with E-state index < -0.39 is 0 Å². The Morgan fingerprint density at radius 3 is 2.37 bits per heavy atom. The maximum absolute atomic E-state index is 12.9. The first-order valence-electron chi connectivity index (χ1n) is 10.5. The van der Waals surface area contributed by atoms with E-state index in [4.69, 9.17) is 0 Å². The fourth-order valence-electron chi connectivity index (χ4n) is 3.83. The third kappa shape index (κ3) is 4.35. The average molecular weight is 405 g/mol. The van der Waals surface area contributed by atoms with Crippen molar-refractivity contribution in [2.75, 3.05) is 31.1 Å². The zero-order valence-corrected chi connectivity index (χ0v) is 17.9. The predicted molar refractivity (Wildman–Crippen MR) is 117 cm³/mol. The molecule has 1 saturated heterocycles. The first kappa shape index (κ1) is 20.1. The van der Waals surface area contributed by atoms with Crippen molar-refractivity contribution in [3.05, 3.63) is 70.9 Å². The third-order valence-corrected chi connectivity index (χ3v) is 5.60. The molecule has 1 aliphatic heterocycles. The summed E-state index contributed by atoms with van der Waals surface area (Å²) in [5.74, 6) is 1.03. The molecule has 0 spiro atoms. The molecule has 7 heteroatoms. The summed E-state index contributed by atoms with van der Waals surface area (Å²) >= 11 is 0. The van der Waals surface area contributed by atoms with Gasteiger partial charge in [-0.1, -0.05) is 19.1 Å². The molecule has 4 rings (SSSR count). The molecule has 3 aromatic rings. The molecule has 3 heterocycles. The molecule has 0 atom stereocenters. The molecule has 2 aromatic heterocycles. The Balaban J connectivity index is 1.36. The number of hydrogen-bond acceptors (Lipinski definition) is 5. The lowest BCUT2D eigenvalue weighted by Gasteiger charge is -2.35. The first-order valence-corrected chi connectivity index (χ1v) is 10.5. The molecule has 0 unspecified atom stereocenters. The van der Waals surface area contributed by atoms with Crippen LogP contribution in [0, 0.1) is 13.8 Å². The molecule has 1 aromatic carbocycles. The summed E-state index contributed by atoms with van der Waals surface area (Å²) in [6.45, 7) is 9.80. The van der Waals surface area contributed by atoms with Crippen molar-refractivity contribution >= 4 is 11.7 Å². The molecule has 1 aliphatic rings. The summed E-state index contributed by atoms with van der Waals surface area (Å²) < 4.78 is 1.99. The van der Waals surface area contributed by atoms with Crippen LogP contribution in [0.3, 0.4) is 0 Å². The lowest BCUT2D eigenvalue weighted by Crippen LogP contribution is -2.49. The summed E-state index contributed by atoms with van der Waals surface area (Å²) in [5, 5.41) is 4.51. The van der Waals surface area contributed by atoms with Gasteiger partial charge in [-0.3, -0.25) is 9.48 Å². The van der Waals surface area contributed by atoms with Crippen LogP contribution >= 0.6 is 0 Å². The molecule has 7 nitrogen and oxygen atoms in total. The fraction of sp³-hybridized carbons (Fsp3) is 0.391. The highest BCUT2D eigenvalue weighted by molar-refractivity contribution is 5.94. The van der Waals surface area contributed by atoms with Crippen LogP contribution in [-0.4, -0.2) is 56.7 Å². The van der Waals surface area contributed by atoms with Gasteiger partial charge in [0.05, 0.1) is 12.2 Å². The SMILES string of the molecule is CCc1cc(N2CCN(C(=O)c3ccc(Cn4nc(C)cc4C)cc3)CC2)ncn1. The second-order valence-electron chi connectivity index (χ2n) is 7.78. The maximum Gasteiger partial charge on any atom is 0.253 e. The van der Waals surface area contributed by atoms with Crippen molar-refractivity contribution < 1.29 is 4.79 Å².